The van der Waals surface area contributed by atoms with Crippen molar-refractivity contribution >= 4 is 8.53 Å². The zero-order valence-electron chi connectivity index (χ0n) is 32.4. The molecule has 1 fully saturated rings. The van der Waals surface area contributed by atoms with E-state index in [2.05, 4.69) is 17.0 Å². The van der Waals surface area contributed by atoms with Gasteiger partial charge in [-0.25, -0.2) is 13.9 Å². The highest BCUT2D eigenvalue weighted by Gasteiger charge is 2.61. The van der Waals surface area contributed by atoms with Crippen LogP contribution in [-0.4, -0.2) is 71.6 Å². The first-order chi connectivity index (χ1) is 26.9. The molecule has 2 heterocycles. The minimum absolute atomic E-state index is 0.0240. The molecule has 1 unspecified atom stereocenters. The molecule has 1 saturated heterocycles. The Morgan fingerprint density at radius 3 is 2.02 bits per heavy atom. The number of terminal acetylenes is 1. The van der Waals surface area contributed by atoms with Crippen LogP contribution in [0.2, 0.25) is 0 Å². The molecule has 0 amide bonds. The highest BCUT2D eigenvalue weighted by atomic mass is 31.2. The largest absolute Gasteiger partial charge is 0.497 e. The average Bonchev–Trinajstić information content (AvgIpc) is 3.45. The van der Waals surface area contributed by atoms with Crippen LogP contribution in [0.4, 0.5) is 4.39 Å². The van der Waals surface area contributed by atoms with Crippen LogP contribution in [0.25, 0.3) is 0 Å². The highest BCUT2D eigenvalue weighted by molar-refractivity contribution is 7.44. The number of aromatic amines is 1. The monoisotopic (exact) mass is 786 g/mol. The van der Waals surface area contributed by atoms with Gasteiger partial charge in [-0.05, 0) is 68.7 Å². The Hall–Kier alpha value is -4.85. The summed E-state index contributed by atoms with van der Waals surface area (Å²) in [5.74, 6) is 3.69. The number of hydrogen-bond acceptors (Lipinski definition) is 10. The molecule has 1 aliphatic heterocycles. The van der Waals surface area contributed by atoms with Gasteiger partial charge in [0, 0.05) is 24.3 Å². The van der Waals surface area contributed by atoms with Gasteiger partial charge in [0.15, 0.2) is 11.9 Å². The molecule has 0 aliphatic carbocycles. The van der Waals surface area contributed by atoms with Crippen molar-refractivity contribution < 1.29 is 32.4 Å². The SMILES string of the molecule is C#CC[C@@]1(F)[C@H](OP(OCCC#N)N(C(C)C)C(C)C)[C@@H](COC(c2ccccc2)(c2ccc(OC)cc2)c2ccc(OC)cc2)O[C@H]1n1ccc(=O)[nH]c1=O. The molecule has 296 valence electrons. The van der Waals surface area contributed by atoms with Gasteiger partial charge < -0.3 is 28.0 Å². The van der Waals surface area contributed by atoms with Gasteiger partial charge in [-0.15, -0.1) is 12.3 Å². The molecule has 1 aromatic heterocycles. The number of ether oxygens (including phenoxy) is 4. The van der Waals surface area contributed by atoms with E-state index in [4.69, 9.17) is 34.4 Å². The van der Waals surface area contributed by atoms with E-state index >= 15 is 4.39 Å². The Morgan fingerprint density at radius 1 is 0.946 bits per heavy atom. The second-order valence-corrected chi connectivity index (χ2v) is 15.1. The van der Waals surface area contributed by atoms with Crippen LogP contribution in [0.5, 0.6) is 11.5 Å². The summed E-state index contributed by atoms with van der Waals surface area (Å²) in [4.78, 5) is 27.5. The molecule has 5 atom stereocenters. The molecule has 1 N–H and O–H groups in total. The molecule has 3 aromatic carbocycles. The lowest BCUT2D eigenvalue weighted by Gasteiger charge is -2.40. The van der Waals surface area contributed by atoms with E-state index < -0.39 is 55.9 Å². The van der Waals surface area contributed by atoms with E-state index in [-0.39, 0.29) is 31.7 Å². The summed E-state index contributed by atoms with van der Waals surface area (Å²) >= 11 is 0. The predicted octanol–water partition coefficient (Wildman–Crippen LogP) is 6.85. The second kappa shape index (κ2) is 18.9. The topological polar surface area (TPSA) is 137 Å². The number of nitrogens with zero attached hydrogens (tertiary/aromatic N) is 3. The number of nitrogens with one attached hydrogen (secondary N) is 1. The molecule has 14 heteroatoms. The van der Waals surface area contributed by atoms with Gasteiger partial charge in [0.05, 0.1) is 46.3 Å². The van der Waals surface area contributed by atoms with E-state index in [1.165, 1.54) is 6.20 Å². The summed E-state index contributed by atoms with van der Waals surface area (Å²) in [6.07, 6.45) is 2.22. The fourth-order valence-electron chi connectivity index (χ4n) is 7.01. The number of methoxy groups -OCH3 is 2. The fourth-order valence-corrected chi connectivity index (χ4v) is 8.82. The Morgan fingerprint density at radius 2 is 1.52 bits per heavy atom. The van der Waals surface area contributed by atoms with Crippen molar-refractivity contribution in [1.29, 1.82) is 5.26 Å². The lowest BCUT2D eigenvalue weighted by Crippen LogP contribution is -2.48. The standard InChI is InChI=1S/C42H48FN4O8P/c1-8-24-41(43)38(55-56(53-27-12-25-44)47(29(2)3)30(4)5)36(54-39(41)46-26-23-37(48)45-40(46)49)28-52-42(31-13-10-9-11-14-31,32-15-19-34(50-6)20-16-32)33-17-21-35(51-7)22-18-33/h1,9-11,13-23,26,29-30,36,38-39H,12,24,27-28H2,2-7H3,(H,45,48,49)/t36-,38-,39-,41-,56?/m1/s1. The highest BCUT2D eigenvalue weighted by Crippen LogP contribution is 2.55. The quantitative estimate of drug-likeness (QED) is 0.0494. The summed E-state index contributed by atoms with van der Waals surface area (Å²) in [5.41, 5.74) is -3.22. The number of rotatable bonds is 18. The zero-order chi connectivity index (χ0) is 40.5. The van der Waals surface area contributed by atoms with Crippen molar-refractivity contribution in [1.82, 2.24) is 14.2 Å². The van der Waals surface area contributed by atoms with Gasteiger partial charge in [0.1, 0.15) is 29.3 Å². The molecule has 0 bridgehead atoms. The maximum atomic E-state index is 18.2. The number of H-pyrrole nitrogens is 1. The smallest absolute Gasteiger partial charge is 0.330 e. The van der Waals surface area contributed by atoms with Gasteiger partial charge >= 0.3 is 5.69 Å². The van der Waals surface area contributed by atoms with E-state index in [1.807, 2.05) is 111 Å². The fraction of sp³-hybridized carbons (Fsp3) is 0.405. The van der Waals surface area contributed by atoms with Gasteiger partial charge in [-0.2, -0.15) is 5.26 Å². The van der Waals surface area contributed by atoms with Crippen molar-refractivity contribution in [2.24, 2.45) is 0 Å². The number of aromatic nitrogens is 2. The minimum atomic E-state index is -2.54. The summed E-state index contributed by atoms with van der Waals surface area (Å²) < 4.78 is 58.7. The lowest BCUT2D eigenvalue weighted by atomic mass is 9.80. The number of nitriles is 1. The summed E-state index contributed by atoms with van der Waals surface area (Å²) in [5, 5.41) is 9.34. The van der Waals surface area contributed by atoms with Crippen molar-refractivity contribution in [3.05, 3.63) is 129 Å². The van der Waals surface area contributed by atoms with E-state index in [0.29, 0.717) is 11.5 Å². The third-order valence-corrected chi connectivity index (χ3v) is 11.6. The van der Waals surface area contributed by atoms with E-state index in [1.54, 1.807) is 14.2 Å². The summed E-state index contributed by atoms with van der Waals surface area (Å²) in [7, 11) is 1.13. The van der Waals surface area contributed by atoms with Crippen LogP contribution >= 0.6 is 8.53 Å². The maximum Gasteiger partial charge on any atom is 0.330 e. The normalized spacial score (nSPS) is 20.2. The molecule has 56 heavy (non-hydrogen) atoms. The molecule has 0 spiro atoms. The third kappa shape index (κ3) is 8.90. The number of benzene rings is 3. The van der Waals surface area contributed by atoms with Crippen LogP contribution in [0.15, 0.2) is 101 Å². The Bertz CT molecular complexity index is 2030. The first-order valence-electron chi connectivity index (χ1n) is 18.3. The molecular formula is C42H48FN4O8P. The van der Waals surface area contributed by atoms with Crippen molar-refractivity contribution in [2.45, 2.75) is 82.3 Å². The molecule has 0 saturated carbocycles. The Kier molecular flexibility index (Phi) is 14.2. The zero-order valence-corrected chi connectivity index (χ0v) is 33.3. The molecule has 12 nitrogen and oxygen atoms in total. The first-order valence-corrected chi connectivity index (χ1v) is 19.4. The molecule has 0 radical (unpaired) electrons. The van der Waals surface area contributed by atoms with E-state index in [9.17, 15) is 14.9 Å². The molecule has 1 aliphatic rings. The maximum absolute atomic E-state index is 18.2. The van der Waals surface area contributed by atoms with Crippen molar-refractivity contribution in [3.8, 4) is 29.9 Å². The number of halogens is 1. The van der Waals surface area contributed by atoms with Crippen LogP contribution in [0.3, 0.4) is 0 Å². The Labute approximate surface area is 328 Å². The first kappa shape index (κ1) is 42.3. The Balaban J connectivity index is 1.70. The number of alkyl halides is 1. The van der Waals surface area contributed by atoms with Crippen LogP contribution in [0.1, 0.15) is 63.5 Å². The predicted molar refractivity (Wildman–Crippen MR) is 211 cm³/mol. The van der Waals surface area contributed by atoms with E-state index in [0.717, 1.165) is 27.3 Å². The molecule has 5 rings (SSSR count). The van der Waals surface area contributed by atoms with Crippen LogP contribution in [-0.2, 0) is 24.1 Å². The van der Waals surface area contributed by atoms with Gasteiger partial charge in [-0.3, -0.25) is 14.3 Å². The van der Waals surface area contributed by atoms with Crippen molar-refractivity contribution in [2.75, 3.05) is 27.4 Å². The summed E-state index contributed by atoms with van der Waals surface area (Å²) in [6.45, 7) is 7.58. The number of hydrogen-bond donors (Lipinski definition) is 1. The average molecular weight is 787 g/mol. The van der Waals surface area contributed by atoms with Gasteiger partial charge in [0.25, 0.3) is 14.1 Å². The third-order valence-electron chi connectivity index (χ3n) is 9.51. The lowest BCUT2D eigenvalue weighted by molar-refractivity contribution is -0.0965. The van der Waals surface area contributed by atoms with Gasteiger partial charge in [0.2, 0.25) is 0 Å². The molecule has 4 aromatic rings. The van der Waals surface area contributed by atoms with Crippen molar-refractivity contribution in [3.63, 3.8) is 0 Å². The van der Waals surface area contributed by atoms with Crippen LogP contribution < -0.4 is 20.7 Å². The summed E-state index contributed by atoms with van der Waals surface area (Å²) in [6, 6.07) is 27.4. The van der Waals surface area contributed by atoms with Gasteiger partial charge in [-0.1, -0.05) is 54.6 Å². The minimum Gasteiger partial charge on any atom is -0.497 e. The molecular weight excluding hydrogens is 738 g/mol. The van der Waals surface area contributed by atoms with Crippen LogP contribution in [0, 0.1) is 23.7 Å². The second-order valence-electron chi connectivity index (χ2n) is 13.7.